The summed E-state index contributed by atoms with van der Waals surface area (Å²) in [4.78, 5) is 0. The Morgan fingerprint density at radius 1 is 1.00 bits per heavy atom. The van der Waals surface area contributed by atoms with E-state index in [0.29, 0.717) is 11.5 Å². The largest absolute Gasteiger partial charge is 0.361 e. The lowest BCUT2D eigenvalue weighted by molar-refractivity contribution is -0.0208. The first-order valence-electron chi connectivity index (χ1n) is 9.98. The van der Waals surface area contributed by atoms with Crippen molar-refractivity contribution in [3.05, 3.63) is 17.5 Å². The summed E-state index contributed by atoms with van der Waals surface area (Å²) >= 11 is 0. The van der Waals surface area contributed by atoms with E-state index in [1.807, 2.05) is 0 Å². The molecule has 1 heterocycles. The van der Waals surface area contributed by atoms with Crippen LogP contribution in [0.2, 0.25) is 0 Å². The highest BCUT2D eigenvalue weighted by atomic mass is 16.5. The van der Waals surface area contributed by atoms with Gasteiger partial charge in [-0.25, -0.2) is 0 Å². The zero-order valence-corrected chi connectivity index (χ0v) is 14.2. The molecule has 5 saturated carbocycles. The van der Waals surface area contributed by atoms with Crippen LogP contribution in [0.25, 0.3) is 0 Å². The molecule has 0 radical (unpaired) electrons. The topological polar surface area (TPSA) is 38.1 Å². The summed E-state index contributed by atoms with van der Waals surface area (Å²) in [7, 11) is 0. The molecule has 5 fully saturated rings. The van der Waals surface area contributed by atoms with Gasteiger partial charge in [0.15, 0.2) is 0 Å². The van der Waals surface area contributed by atoms with Crippen LogP contribution < -0.4 is 5.32 Å². The molecule has 5 aliphatic carbocycles. The van der Waals surface area contributed by atoms with Crippen molar-refractivity contribution in [3.8, 4) is 0 Å². The maximum Gasteiger partial charge on any atom is 0.140 e. The van der Waals surface area contributed by atoms with E-state index in [2.05, 4.69) is 16.5 Å². The average molecular weight is 314 g/mol. The van der Waals surface area contributed by atoms with Crippen molar-refractivity contribution in [3.63, 3.8) is 0 Å². The summed E-state index contributed by atoms with van der Waals surface area (Å²) in [5, 5.41) is 8.31. The van der Waals surface area contributed by atoms with Crippen molar-refractivity contribution in [1.82, 2.24) is 10.5 Å². The fourth-order valence-electron chi connectivity index (χ4n) is 6.60. The van der Waals surface area contributed by atoms with Crippen LogP contribution in [0.1, 0.15) is 88.0 Å². The summed E-state index contributed by atoms with van der Waals surface area (Å²) < 4.78 is 5.69. The predicted molar refractivity (Wildman–Crippen MR) is 90.1 cm³/mol. The van der Waals surface area contributed by atoms with Gasteiger partial charge >= 0.3 is 0 Å². The Bertz CT molecular complexity index is 522. The van der Waals surface area contributed by atoms with Crippen LogP contribution in [0, 0.1) is 17.8 Å². The number of nitrogens with zero attached hydrogens (tertiary/aromatic N) is 1. The molecule has 6 rings (SSSR count). The highest BCUT2D eigenvalue weighted by molar-refractivity contribution is 5.12. The number of hydrogen-bond acceptors (Lipinski definition) is 3. The van der Waals surface area contributed by atoms with Gasteiger partial charge in [-0.2, -0.15) is 0 Å². The van der Waals surface area contributed by atoms with Crippen molar-refractivity contribution in [1.29, 1.82) is 0 Å². The molecule has 0 atom stereocenters. The Balaban J connectivity index is 1.24. The van der Waals surface area contributed by atoms with E-state index in [1.165, 1.54) is 70.6 Å². The molecular weight excluding hydrogens is 284 g/mol. The second-order valence-electron chi connectivity index (χ2n) is 9.11. The van der Waals surface area contributed by atoms with Gasteiger partial charge in [-0.1, -0.05) is 24.4 Å². The van der Waals surface area contributed by atoms with Crippen LogP contribution >= 0.6 is 0 Å². The molecule has 0 saturated heterocycles. The van der Waals surface area contributed by atoms with Gasteiger partial charge in [-0.3, -0.25) is 0 Å². The summed E-state index contributed by atoms with van der Waals surface area (Å²) in [6.07, 6.45) is 15.4. The fraction of sp³-hybridized carbons (Fsp3) is 0.850. The molecule has 3 nitrogen and oxygen atoms in total. The molecule has 0 aromatic carbocycles. The van der Waals surface area contributed by atoms with Gasteiger partial charge in [-0.05, 0) is 69.1 Å². The van der Waals surface area contributed by atoms with E-state index in [4.69, 9.17) is 4.52 Å². The lowest BCUT2D eigenvalue weighted by atomic mass is 9.53. The van der Waals surface area contributed by atoms with Crippen LogP contribution in [-0.4, -0.2) is 10.7 Å². The van der Waals surface area contributed by atoms with Gasteiger partial charge in [0.2, 0.25) is 0 Å². The third-order valence-electron chi connectivity index (χ3n) is 7.27. The van der Waals surface area contributed by atoms with Gasteiger partial charge < -0.3 is 9.84 Å². The second-order valence-corrected chi connectivity index (χ2v) is 9.11. The Labute approximate surface area is 139 Å². The predicted octanol–water partition coefficient (Wildman–Crippen LogP) is 4.78. The Morgan fingerprint density at radius 2 is 1.65 bits per heavy atom. The van der Waals surface area contributed by atoms with Crippen molar-refractivity contribution >= 4 is 0 Å². The smallest absolute Gasteiger partial charge is 0.140 e. The standard InChI is InChI=1S/C20H30N2O/c1-2-4-17(5-3-1)19-9-18(22-23-19)13-21-20-10-14-6-15(11-20)8-16(7-14)12-20/h9,14-17,21H,1-8,10-13H2. The minimum atomic E-state index is 0.429. The third-order valence-corrected chi connectivity index (χ3v) is 7.27. The summed E-state index contributed by atoms with van der Waals surface area (Å²) in [5.41, 5.74) is 1.56. The van der Waals surface area contributed by atoms with E-state index in [0.717, 1.165) is 35.8 Å². The maximum atomic E-state index is 5.69. The van der Waals surface area contributed by atoms with Gasteiger partial charge in [-0.15, -0.1) is 0 Å². The molecular formula is C20H30N2O. The quantitative estimate of drug-likeness (QED) is 0.869. The van der Waals surface area contributed by atoms with E-state index in [-0.39, 0.29) is 0 Å². The normalized spacial score (nSPS) is 39.9. The Kier molecular flexibility index (Phi) is 3.54. The van der Waals surface area contributed by atoms with E-state index >= 15 is 0 Å². The number of hydrogen-bond donors (Lipinski definition) is 1. The molecule has 0 aliphatic heterocycles. The monoisotopic (exact) mass is 314 g/mol. The minimum absolute atomic E-state index is 0.429. The molecule has 1 N–H and O–H groups in total. The third kappa shape index (κ3) is 2.75. The van der Waals surface area contributed by atoms with Gasteiger partial charge in [0.05, 0.1) is 5.69 Å². The average Bonchev–Trinajstić information content (AvgIpc) is 3.02. The first-order valence-corrected chi connectivity index (χ1v) is 9.98. The van der Waals surface area contributed by atoms with Crippen molar-refractivity contribution in [2.75, 3.05) is 0 Å². The first kappa shape index (κ1) is 14.5. The molecule has 1 aromatic heterocycles. The van der Waals surface area contributed by atoms with Crippen molar-refractivity contribution < 1.29 is 4.52 Å². The van der Waals surface area contributed by atoms with Gasteiger partial charge in [0, 0.05) is 24.1 Å². The second kappa shape index (κ2) is 5.61. The summed E-state index contributed by atoms with van der Waals surface area (Å²) in [5.74, 6) is 4.79. The molecule has 1 aromatic rings. The lowest BCUT2D eigenvalue weighted by Crippen LogP contribution is -2.58. The number of aromatic nitrogens is 1. The SMILES string of the molecule is c1c(CNC23CC4CC(CC(C4)C2)C3)noc1C1CCCCC1. The first-order chi connectivity index (χ1) is 11.3. The van der Waals surface area contributed by atoms with Crippen molar-refractivity contribution in [2.24, 2.45) is 17.8 Å². The molecule has 0 unspecified atom stereocenters. The van der Waals surface area contributed by atoms with Gasteiger partial charge in [0.1, 0.15) is 5.76 Å². The molecule has 4 bridgehead atoms. The lowest BCUT2D eigenvalue weighted by Gasteiger charge is -2.57. The highest BCUT2D eigenvalue weighted by Gasteiger charge is 2.50. The Morgan fingerprint density at radius 3 is 2.30 bits per heavy atom. The maximum absolute atomic E-state index is 5.69. The van der Waals surface area contributed by atoms with Gasteiger partial charge in [0.25, 0.3) is 0 Å². The molecule has 23 heavy (non-hydrogen) atoms. The summed E-state index contributed by atoms with van der Waals surface area (Å²) in [6.45, 7) is 0.905. The molecule has 5 aliphatic rings. The molecule has 3 heteroatoms. The van der Waals surface area contributed by atoms with Crippen LogP contribution in [0.4, 0.5) is 0 Å². The number of rotatable bonds is 4. The van der Waals surface area contributed by atoms with Crippen LogP contribution in [0.5, 0.6) is 0 Å². The van der Waals surface area contributed by atoms with Crippen LogP contribution in [-0.2, 0) is 6.54 Å². The Hall–Kier alpha value is -0.830. The zero-order chi connectivity index (χ0) is 15.3. The molecule has 126 valence electrons. The van der Waals surface area contributed by atoms with Crippen molar-refractivity contribution in [2.45, 2.75) is 88.6 Å². The van der Waals surface area contributed by atoms with E-state index in [9.17, 15) is 0 Å². The van der Waals surface area contributed by atoms with E-state index < -0.39 is 0 Å². The summed E-state index contributed by atoms with van der Waals surface area (Å²) in [6, 6.07) is 2.24. The highest BCUT2D eigenvalue weighted by Crippen LogP contribution is 2.55. The van der Waals surface area contributed by atoms with E-state index in [1.54, 1.807) is 0 Å². The molecule has 0 amide bonds. The minimum Gasteiger partial charge on any atom is -0.361 e. The van der Waals surface area contributed by atoms with Crippen LogP contribution in [0.3, 0.4) is 0 Å². The fourth-order valence-corrected chi connectivity index (χ4v) is 6.60. The van der Waals surface area contributed by atoms with Crippen LogP contribution in [0.15, 0.2) is 10.6 Å². The zero-order valence-electron chi connectivity index (χ0n) is 14.2. The number of nitrogens with one attached hydrogen (secondary N) is 1. The molecule has 0 spiro atoms.